The first-order chi connectivity index (χ1) is 12.5. The maximum absolute atomic E-state index is 12.6. The van der Waals surface area contributed by atoms with Gasteiger partial charge < -0.3 is 9.80 Å². The summed E-state index contributed by atoms with van der Waals surface area (Å²) in [7, 11) is 0. The second kappa shape index (κ2) is 8.11. The maximum Gasteiger partial charge on any atom is 0.255 e. The molecule has 2 amide bonds. The summed E-state index contributed by atoms with van der Waals surface area (Å²) in [5, 5.41) is 0.841. The fourth-order valence-corrected chi connectivity index (χ4v) is 3.50. The van der Waals surface area contributed by atoms with Crippen LogP contribution >= 0.6 is 23.2 Å². The number of amides is 2. The van der Waals surface area contributed by atoms with Crippen molar-refractivity contribution in [2.24, 2.45) is 0 Å². The molecule has 0 unspecified atom stereocenters. The minimum Gasteiger partial charge on any atom is -0.335 e. The van der Waals surface area contributed by atoms with Gasteiger partial charge in [-0.05, 0) is 42.3 Å². The number of carbonyl (C=O) groups is 2. The zero-order chi connectivity index (χ0) is 18.7. The second-order valence-electron chi connectivity index (χ2n) is 6.26. The third-order valence-electron chi connectivity index (χ3n) is 4.62. The third-order valence-corrected chi connectivity index (χ3v) is 5.17. The first kappa shape index (κ1) is 18.7. The van der Waals surface area contributed by atoms with E-state index in [1.165, 1.54) is 5.56 Å². The molecule has 1 aliphatic rings. The molecular weight excluding hydrogens is 371 g/mol. The SMILES string of the molecule is CCc1ccc(C(=O)N2CCN(C(=O)c3ccc(Cl)cc3Cl)CC2)cc1. The number of carbonyl (C=O) groups excluding carboxylic acids is 2. The lowest BCUT2D eigenvalue weighted by Crippen LogP contribution is -2.50. The van der Waals surface area contributed by atoms with E-state index in [9.17, 15) is 9.59 Å². The van der Waals surface area contributed by atoms with E-state index in [-0.39, 0.29) is 11.8 Å². The summed E-state index contributed by atoms with van der Waals surface area (Å²) in [6.45, 7) is 4.06. The van der Waals surface area contributed by atoms with Crippen LogP contribution in [0.1, 0.15) is 33.2 Å². The fourth-order valence-electron chi connectivity index (χ4n) is 3.01. The highest BCUT2D eigenvalue weighted by Gasteiger charge is 2.26. The molecule has 0 radical (unpaired) electrons. The van der Waals surface area contributed by atoms with Gasteiger partial charge in [-0.15, -0.1) is 0 Å². The molecule has 0 N–H and O–H groups in total. The molecular formula is C20H20Cl2N2O2. The Balaban J connectivity index is 1.63. The molecule has 136 valence electrons. The van der Waals surface area contributed by atoms with Crippen LogP contribution in [0.4, 0.5) is 0 Å². The van der Waals surface area contributed by atoms with Crippen molar-refractivity contribution in [1.82, 2.24) is 9.80 Å². The molecule has 6 heteroatoms. The molecule has 0 spiro atoms. The summed E-state index contributed by atoms with van der Waals surface area (Å²) in [5.74, 6) is -0.129. The Morgan fingerprint density at radius 3 is 2.00 bits per heavy atom. The average molecular weight is 391 g/mol. The highest BCUT2D eigenvalue weighted by molar-refractivity contribution is 6.36. The lowest BCUT2D eigenvalue weighted by Gasteiger charge is -2.35. The Morgan fingerprint density at radius 1 is 0.885 bits per heavy atom. The number of benzene rings is 2. The van der Waals surface area contributed by atoms with Crippen LogP contribution in [0.15, 0.2) is 42.5 Å². The fraction of sp³-hybridized carbons (Fsp3) is 0.300. The Kier molecular flexibility index (Phi) is 5.84. The van der Waals surface area contributed by atoms with Gasteiger partial charge in [0, 0.05) is 36.8 Å². The van der Waals surface area contributed by atoms with Crippen molar-refractivity contribution >= 4 is 35.0 Å². The quantitative estimate of drug-likeness (QED) is 0.789. The number of nitrogens with zero attached hydrogens (tertiary/aromatic N) is 2. The van der Waals surface area contributed by atoms with Crippen LogP contribution in [0, 0.1) is 0 Å². The van der Waals surface area contributed by atoms with Gasteiger partial charge in [0.15, 0.2) is 0 Å². The highest BCUT2D eigenvalue weighted by Crippen LogP contribution is 2.23. The standard InChI is InChI=1S/C20H20Cl2N2O2/c1-2-14-3-5-15(6-4-14)19(25)23-9-11-24(12-10-23)20(26)17-8-7-16(21)13-18(17)22/h3-8,13H,2,9-12H2,1H3. The summed E-state index contributed by atoms with van der Waals surface area (Å²) in [6.07, 6.45) is 0.947. The molecule has 0 aromatic heterocycles. The van der Waals surface area contributed by atoms with Crippen molar-refractivity contribution in [1.29, 1.82) is 0 Å². The molecule has 1 fully saturated rings. The van der Waals surface area contributed by atoms with Gasteiger partial charge in [0.05, 0.1) is 10.6 Å². The smallest absolute Gasteiger partial charge is 0.255 e. The Bertz CT molecular complexity index is 813. The molecule has 0 bridgehead atoms. The van der Waals surface area contributed by atoms with Gasteiger partial charge >= 0.3 is 0 Å². The molecule has 0 aliphatic carbocycles. The van der Waals surface area contributed by atoms with Crippen LogP contribution in [0.3, 0.4) is 0 Å². The summed E-state index contributed by atoms with van der Waals surface area (Å²) in [5.41, 5.74) is 2.32. The molecule has 26 heavy (non-hydrogen) atoms. The minimum atomic E-state index is -0.133. The zero-order valence-electron chi connectivity index (χ0n) is 14.5. The number of hydrogen-bond acceptors (Lipinski definition) is 2. The first-order valence-corrected chi connectivity index (χ1v) is 9.37. The van der Waals surface area contributed by atoms with E-state index >= 15 is 0 Å². The van der Waals surface area contributed by atoms with Crippen LogP contribution < -0.4 is 0 Å². The predicted molar refractivity (Wildman–Crippen MR) is 104 cm³/mol. The van der Waals surface area contributed by atoms with Crippen molar-refractivity contribution in [2.45, 2.75) is 13.3 Å². The number of aryl methyl sites for hydroxylation is 1. The molecule has 3 rings (SSSR count). The summed E-state index contributed by atoms with van der Waals surface area (Å²) < 4.78 is 0. The zero-order valence-corrected chi connectivity index (χ0v) is 16.1. The minimum absolute atomic E-state index is 0.00396. The van der Waals surface area contributed by atoms with Crippen molar-refractivity contribution < 1.29 is 9.59 Å². The average Bonchev–Trinajstić information content (AvgIpc) is 2.67. The Morgan fingerprint density at radius 2 is 1.46 bits per heavy atom. The van der Waals surface area contributed by atoms with Gasteiger partial charge in [-0.25, -0.2) is 0 Å². The van der Waals surface area contributed by atoms with Gasteiger partial charge in [-0.3, -0.25) is 9.59 Å². The molecule has 0 saturated carbocycles. The van der Waals surface area contributed by atoms with E-state index in [4.69, 9.17) is 23.2 Å². The van der Waals surface area contributed by atoms with E-state index in [1.54, 1.807) is 28.0 Å². The molecule has 1 heterocycles. The molecule has 2 aromatic carbocycles. The van der Waals surface area contributed by atoms with Crippen molar-refractivity contribution in [3.8, 4) is 0 Å². The van der Waals surface area contributed by atoms with Crippen LogP contribution in [0.2, 0.25) is 10.0 Å². The monoisotopic (exact) mass is 390 g/mol. The maximum atomic E-state index is 12.6. The van der Waals surface area contributed by atoms with E-state index in [1.807, 2.05) is 24.3 Å². The lowest BCUT2D eigenvalue weighted by atomic mass is 10.1. The number of halogens is 2. The van der Waals surface area contributed by atoms with Gasteiger partial charge in [0.25, 0.3) is 11.8 Å². The molecule has 1 aliphatic heterocycles. The highest BCUT2D eigenvalue weighted by atomic mass is 35.5. The van der Waals surface area contributed by atoms with Crippen molar-refractivity contribution in [3.05, 3.63) is 69.2 Å². The van der Waals surface area contributed by atoms with Gasteiger partial charge in [0.2, 0.25) is 0 Å². The van der Waals surface area contributed by atoms with E-state index in [0.717, 1.165) is 6.42 Å². The second-order valence-corrected chi connectivity index (χ2v) is 7.10. The van der Waals surface area contributed by atoms with Crippen LogP contribution in [0.5, 0.6) is 0 Å². The van der Waals surface area contributed by atoms with Crippen molar-refractivity contribution in [3.63, 3.8) is 0 Å². The predicted octanol–water partition coefficient (Wildman–Crippen LogP) is 4.15. The number of rotatable bonds is 3. The summed E-state index contributed by atoms with van der Waals surface area (Å²) in [4.78, 5) is 28.8. The molecule has 2 aromatic rings. The lowest BCUT2D eigenvalue weighted by molar-refractivity contribution is 0.0535. The normalized spacial score (nSPS) is 14.4. The van der Waals surface area contributed by atoms with Crippen LogP contribution in [-0.4, -0.2) is 47.8 Å². The topological polar surface area (TPSA) is 40.6 Å². The third kappa shape index (κ3) is 4.02. The molecule has 0 atom stereocenters. The van der Waals surface area contributed by atoms with Crippen LogP contribution in [0.25, 0.3) is 0 Å². The summed E-state index contributed by atoms with van der Waals surface area (Å²) in [6, 6.07) is 12.6. The largest absolute Gasteiger partial charge is 0.335 e. The first-order valence-electron chi connectivity index (χ1n) is 8.62. The number of piperazine rings is 1. The Hall–Kier alpha value is -2.04. The molecule has 1 saturated heterocycles. The van der Waals surface area contributed by atoms with Crippen LogP contribution in [-0.2, 0) is 6.42 Å². The van der Waals surface area contributed by atoms with E-state index in [0.29, 0.717) is 47.4 Å². The molecule has 4 nitrogen and oxygen atoms in total. The van der Waals surface area contributed by atoms with Gasteiger partial charge in [-0.1, -0.05) is 42.3 Å². The van der Waals surface area contributed by atoms with Crippen molar-refractivity contribution in [2.75, 3.05) is 26.2 Å². The Labute approximate surface area is 163 Å². The van der Waals surface area contributed by atoms with Gasteiger partial charge in [-0.2, -0.15) is 0 Å². The number of hydrogen-bond donors (Lipinski definition) is 0. The van der Waals surface area contributed by atoms with E-state index < -0.39 is 0 Å². The van der Waals surface area contributed by atoms with Gasteiger partial charge in [0.1, 0.15) is 0 Å². The van der Waals surface area contributed by atoms with E-state index in [2.05, 4.69) is 6.92 Å². The summed E-state index contributed by atoms with van der Waals surface area (Å²) >= 11 is 12.0.